The van der Waals surface area contributed by atoms with Crippen molar-refractivity contribution in [3.63, 3.8) is 0 Å². The van der Waals surface area contributed by atoms with E-state index in [2.05, 4.69) is 10.6 Å². The molecular formula is C27H34N2O4S. The minimum Gasteiger partial charge on any atom is -0.382 e. The molecule has 3 aliphatic carbocycles. The predicted molar refractivity (Wildman–Crippen MR) is 136 cm³/mol. The number of carbonyl (C=O) groups is 2. The molecule has 0 saturated heterocycles. The minimum atomic E-state index is -0.393. The summed E-state index contributed by atoms with van der Waals surface area (Å²) >= 11 is 1.59. The number of ketones is 1. The lowest BCUT2D eigenvalue weighted by molar-refractivity contribution is -0.117. The van der Waals surface area contributed by atoms with Crippen molar-refractivity contribution in [1.29, 1.82) is 0 Å². The highest BCUT2D eigenvalue weighted by Crippen LogP contribution is 2.43. The Morgan fingerprint density at radius 3 is 2.50 bits per heavy atom. The fraction of sp³-hybridized carbons (Fsp3) is 0.630. The van der Waals surface area contributed by atoms with Crippen molar-refractivity contribution in [3.05, 3.63) is 42.0 Å². The van der Waals surface area contributed by atoms with Crippen LogP contribution < -0.4 is 21.5 Å². The van der Waals surface area contributed by atoms with Crippen molar-refractivity contribution in [1.82, 2.24) is 0 Å². The molecule has 2 aromatic rings. The van der Waals surface area contributed by atoms with Crippen LogP contribution in [0.1, 0.15) is 91.1 Å². The van der Waals surface area contributed by atoms with Gasteiger partial charge in [0.2, 0.25) is 16.8 Å². The molecule has 1 unspecified atom stereocenters. The Bertz CT molecular complexity index is 1160. The molecule has 1 aromatic carbocycles. The van der Waals surface area contributed by atoms with Crippen molar-refractivity contribution in [2.24, 2.45) is 17.8 Å². The Morgan fingerprint density at radius 2 is 1.79 bits per heavy atom. The number of rotatable bonds is 12. The van der Waals surface area contributed by atoms with Crippen LogP contribution in [0.4, 0.5) is 10.7 Å². The second-order valence-corrected chi connectivity index (χ2v) is 11.5. The summed E-state index contributed by atoms with van der Waals surface area (Å²) in [6.07, 6.45) is 11.2. The van der Waals surface area contributed by atoms with Crippen LogP contribution in [0.3, 0.4) is 0 Å². The number of amides is 1. The fourth-order valence-corrected chi connectivity index (χ4v) is 6.58. The van der Waals surface area contributed by atoms with Gasteiger partial charge in [0.15, 0.2) is 5.78 Å². The summed E-state index contributed by atoms with van der Waals surface area (Å²) < 4.78 is 0. The molecule has 0 bridgehead atoms. The van der Waals surface area contributed by atoms with Crippen molar-refractivity contribution >= 4 is 33.7 Å². The van der Waals surface area contributed by atoms with Crippen LogP contribution in [0, 0.1) is 17.8 Å². The molecule has 1 amide bonds. The molecule has 0 spiro atoms. The predicted octanol–water partition coefficient (Wildman–Crippen LogP) is 4.63. The molecule has 6 nitrogen and oxygen atoms in total. The molecule has 2 saturated carbocycles. The first kappa shape index (κ1) is 23.5. The zero-order valence-electron chi connectivity index (χ0n) is 20.0. The van der Waals surface area contributed by atoms with Gasteiger partial charge in [0.1, 0.15) is 5.00 Å². The second kappa shape index (κ2) is 9.76. The number of thiophene rings is 1. The Kier molecular flexibility index (Phi) is 6.74. The zero-order chi connectivity index (χ0) is 23.8. The van der Waals surface area contributed by atoms with Gasteiger partial charge in [0, 0.05) is 29.3 Å². The largest absolute Gasteiger partial charge is 0.382 e. The van der Waals surface area contributed by atoms with Gasteiger partial charge in [-0.25, -0.2) is 0 Å². The summed E-state index contributed by atoms with van der Waals surface area (Å²) in [5, 5.41) is 6.89. The van der Waals surface area contributed by atoms with Crippen molar-refractivity contribution in [2.75, 3.05) is 17.2 Å². The summed E-state index contributed by atoms with van der Waals surface area (Å²) in [7, 11) is 0. The summed E-state index contributed by atoms with van der Waals surface area (Å²) in [5.41, 5.74) is 2.28. The minimum absolute atomic E-state index is 0.0539. The van der Waals surface area contributed by atoms with E-state index in [9.17, 15) is 19.2 Å². The number of hydrogen-bond donors (Lipinski definition) is 2. The van der Waals surface area contributed by atoms with E-state index in [1.165, 1.54) is 17.7 Å². The van der Waals surface area contributed by atoms with Gasteiger partial charge in [-0.3, -0.25) is 19.2 Å². The van der Waals surface area contributed by atoms with Crippen LogP contribution in [0.5, 0.6) is 0 Å². The topological polar surface area (TPSA) is 92.3 Å². The molecular weight excluding hydrogens is 448 g/mol. The Hall–Kier alpha value is -2.28. The Balaban J connectivity index is 1.30. The summed E-state index contributed by atoms with van der Waals surface area (Å²) in [5.74, 6) is 1.50. The first-order valence-corrected chi connectivity index (χ1v) is 13.8. The monoisotopic (exact) mass is 482 g/mol. The van der Waals surface area contributed by atoms with Gasteiger partial charge in [0.05, 0.1) is 11.3 Å². The number of Topliss-reactive ketones (excluding diaryl/α,β-unsaturated/α-hetero) is 1. The third-order valence-corrected chi connectivity index (χ3v) is 8.91. The number of nitrogens with one attached hydrogen (secondary N) is 2. The van der Waals surface area contributed by atoms with Gasteiger partial charge >= 0.3 is 0 Å². The molecule has 2 fully saturated rings. The molecule has 1 aromatic heterocycles. The quantitative estimate of drug-likeness (QED) is 0.340. The maximum Gasteiger partial charge on any atom is 0.249 e. The lowest BCUT2D eigenvalue weighted by Crippen LogP contribution is -2.38. The van der Waals surface area contributed by atoms with Crippen molar-refractivity contribution < 1.29 is 9.59 Å². The third kappa shape index (κ3) is 4.90. The van der Waals surface area contributed by atoms with E-state index in [1.807, 2.05) is 6.92 Å². The normalized spacial score (nSPS) is 19.7. The summed E-state index contributed by atoms with van der Waals surface area (Å²) in [4.78, 5) is 51.0. The van der Waals surface area contributed by atoms with Crippen molar-refractivity contribution in [2.45, 2.75) is 84.0 Å². The maximum atomic E-state index is 13.3. The number of hydrogen-bond acceptors (Lipinski definition) is 6. The average molecular weight is 483 g/mol. The van der Waals surface area contributed by atoms with Crippen LogP contribution in [0.15, 0.2) is 9.59 Å². The van der Waals surface area contributed by atoms with E-state index in [-0.39, 0.29) is 23.0 Å². The molecule has 5 rings (SSSR count). The molecule has 34 heavy (non-hydrogen) atoms. The first-order chi connectivity index (χ1) is 16.5. The van der Waals surface area contributed by atoms with Crippen LogP contribution in [-0.4, -0.2) is 18.2 Å². The van der Waals surface area contributed by atoms with Gasteiger partial charge in [-0.1, -0.05) is 19.3 Å². The lowest BCUT2D eigenvalue weighted by Gasteiger charge is -2.23. The molecule has 7 heteroatoms. The summed E-state index contributed by atoms with van der Waals surface area (Å²) in [6.45, 7) is 2.55. The Labute approximate surface area is 204 Å². The van der Waals surface area contributed by atoms with E-state index in [0.29, 0.717) is 36.6 Å². The SMILES string of the molecule is CCNc1c(CCC2CCc3sc(NC(=O)C4CC4)c(C(=O)CCCC4CC4)c3C2)c(=O)c1=O. The molecule has 0 radical (unpaired) electrons. The second-order valence-electron chi connectivity index (χ2n) is 10.4. The van der Waals surface area contributed by atoms with Gasteiger partial charge in [-0.2, -0.15) is 0 Å². The van der Waals surface area contributed by atoms with E-state index < -0.39 is 5.43 Å². The molecule has 1 heterocycles. The van der Waals surface area contributed by atoms with Gasteiger partial charge < -0.3 is 10.6 Å². The van der Waals surface area contributed by atoms with E-state index >= 15 is 0 Å². The highest BCUT2D eigenvalue weighted by molar-refractivity contribution is 7.17. The first-order valence-electron chi connectivity index (χ1n) is 13.0. The van der Waals surface area contributed by atoms with Crippen molar-refractivity contribution in [3.8, 4) is 0 Å². The van der Waals surface area contributed by atoms with Gasteiger partial charge in [-0.15, -0.1) is 11.3 Å². The lowest BCUT2D eigenvalue weighted by atomic mass is 9.81. The van der Waals surface area contributed by atoms with Gasteiger partial charge in [-0.05, 0) is 75.7 Å². The van der Waals surface area contributed by atoms with Crippen LogP contribution in [0.25, 0.3) is 0 Å². The fourth-order valence-electron chi connectivity index (χ4n) is 5.32. The van der Waals surface area contributed by atoms with Gasteiger partial charge in [0.25, 0.3) is 0 Å². The molecule has 3 aliphatic rings. The van der Waals surface area contributed by atoms with E-state index in [1.54, 1.807) is 11.3 Å². The van der Waals surface area contributed by atoms with Crippen LogP contribution >= 0.6 is 11.3 Å². The smallest absolute Gasteiger partial charge is 0.249 e. The highest BCUT2D eigenvalue weighted by Gasteiger charge is 2.34. The molecule has 2 N–H and O–H groups in total. The number of anilines is 2. The Morgan fingerprint density at radius 1 is 1.00 bits per heavy atom. The summed E-state index contributed by atoms with van der Waals surface area (Å²) in [6, 6.07) is 0. The average Bonchev–Trinajstić information content (AvgIpc) is 3.75. The number of carbonyl (C=O) groups excluding carboxylic acids is 2. The van der Waals surface area contributed by atoms with E-state index in [0.717, 1.165) is 73.4 Å². The molecule has 182 valence electrons. The van der Waals surface area contributed by atoms with Crippen LogP contribution in [0.2, 0.25) is 0 Å². The molecule has 0 aliphatic heterocycles. The number of aryl methyl sites for hydroxylation is 1. The highest BCUT2D eigenvalue weighted by atomic mass is 32.1. The standard InChI is InChI=1S/C27H34N2O4S/c1-2-28-23-18(24(31)25(23)32)12-8-16-9-13-21-19(14-16)22(20(30)5-3-4-15-6-7-15)27(34-21)29-26(33)17-10-11-17/h15-17,28H,2-14H2,1H3,(H,29,33). The maximum absolute atomic E-state index is 13.3. The van der Waals surface area contributed by atoms with E-state index in [4.69, 9.17) is 0 Å². The molecule has 1 atom stereocenters. The zero-order valence-corrected chi connectivity index (χ0v) is 20.8. The number of fused-ring (bicyclic) bond motifs is 1. The third-order valence-electron chi connectivity index (χ3n) is 7.71. The van der Waals surface area contributed by atoms with Crippen LogP contribution in [-0.2, 0) is 24.1 Å².